The highest BCUT2D eigenvalue weighted by atomic mass is 16.3. The van der Waals surface area contributed by atoms with E-state index in [1.165, 1.54) is 5.57 Å². The van der Waals surface area contributed by atoms with Gasteiger partial charge in [0.2, 0.25) is 0 Å². The normalized spacial score (nSPS) is 29.6. The molecule has 2 atom stereocenters. The number of rotatable bonds is 2. The Morgan fingerprint density at radius 1 is 1.62 bits per heavy atom. The van der Waals surface area contributed by atoms with E-state index < -0.39 is 0 Å². The average Bonchev–Trinajstić information content (AvgIpc) is 2.01. The fourth-order valence-corrected chi connectivity index (χ4v) is 2.54. The molecule has 0 amide bonds. The Morgan fingerprint density at radius 2 is 2.23 bits per heavy atom. The van der Waals surface area contributed by atoms with E-state index in [0.29, 0.717) is 5.92 Å². The molecule has 13 heavy (non-hydrogen) atoms. The lowest BCUT2D eigenvalue weighted by Gasteiger charge is -2.39. The van der Waals surface area contributed by atoms with Gasteiger partial charge in [-0.1, -0.05) is 32.4 Å². The molecule has 0 fully saturated rings. The van der Waals surface area contributed by atoms with Crippen LogP contribution < -0.4 is 0 Å². The number of aliphatic hydroxyl groups excluding tert-OH is 1. The Labute approximate surface area is 81.9 Å². The van der Waals surface area contributed by atoms with E-state index in [4.69, 9.17) is 0 Å². The van der Waals surface area contributed by atoms with Crippen LogP contribution in [0.2, 0.25) is 0 Å². The fraction of sp³-hybridized carbons (Fsp3) is 0.833. The van der Waals surface area contributed by atoms with Gasteiger partial charge in [0.05, 0.1) is 6.10 Å². The fourth-order valence-electron chi connectivity index (χ4n) is 2.54. The van der Waals surface area contributed by atoms with Crippen LogP contribution in [0.3, 0.4) is 0 Å². The summed E-state index contributed by atoms with van der Waals surface area (Å²) in [5.74, 6) is 0.446. The van der Waals surface area contributed by atoms with Crippen LogP contribution >= 0.6 is 0 Å². The minimum Gasteiger partial charge on any atom is -0.393 e. The van der Waals surface area contributed by atoms with Crippen LogP contribution in [0.1, 0.15) is 47.0 Å². The lowest BCUT2D eigenvalue weighted by Crippen LogP contribution is -2.34. The Morgan fingerprint density at radius 3 is 2.69 bits per heavy atom. The van der Waals surface area contributed by atoms with Crippen molar-refractivity contribution in [3.63, 3.8) is 0 Å². The minimum absolute atomic E-state index is 0.126. The van der Waals surface area contributed by atoms with Gasteiger partial charge in [-0.15, -0.1) is 0 Å². The summed E-state index contributed by atoms with van der Waals surface area (Å²) in [4.78, 5) is 0. The summed E-state index contributed by atoms with van der Waals surface area (Å²) in [6, 6.07) is 0. The third-order valence-electron chi connectivity index (χ3n) is 3.31. The van der Waals surface area contributed by atoms with Crippen molar-refractivity contribution in [2.45, 2.75) is 53.1 Å². The predicted octanol–water partition coefficient (Wildman–Crippen LogP) is 3.14. The molecule has 0 saturated heterocycles. The molecule has 0 aliphatic heterocycles. The van der Waals surface area contributed by atoms with Crippen molar-refractivity contribution in [1.82, 2.24) is 0 Å². The van der Waals surface area contributed by atoms with Gasteiger partial charge >= 0.3 is 0 Å². The van der Waals surface area contributed by atoms with Crippen LogP contribution in [-0.4, -0.2) is 11.2 Å². The summed E-state index contributed by atoms with van der Waals surface area (Å²) >= 11 is 0. The summed E-state index contributed by atoms with van der Waals surface area (Å²) in [7, 11) is 0. The second kappa shape index (κ2) is 3.83. The van der Waals surface area contributed by atoms with Gasteiger partial charge in [-0.2, -0.15) is 0 Å². The summed E-state index contributed by atoms with van der Waals surface area (Å²) in [6.45, 7) is 8.72. The first-order valence-corrected chi connectivity index (χ1v) is 5.33. The Balaban J connectivity index is 2.78. The summed E-state index contributed by atoms with van der Waals surface area (Å²) in [6.07, 6.45) is 5.38. The summed E-state index contributed by atoms with van der Waals surface area (Å²) in [5, 5.41) is 9.88. The molecule has 0 radical (unpaired) electrons. The van der Waals surface area contributed by atoms with Crippen molar-refractivity contribution < 1.29 is 5.11 Å². The molecule has 76 valence electrons. The zero-order chi connectivity index (χ0) is 10.1. The molecule has 1 rings (SSSR count). The first-order valence-electron chi connectivity index (χ1n) is 5.33. The van der Waals surface area contributed by atoms with Crippen molar-refractivity contribution in [3.8, 4) is 0 Å². The SMILES string of the molecule is CCC(O)C1CCC(C)=CC1(C)C. The van der Waals surface area contributed by atoms with Gasteiger partial charge in [-0.3, -0.25) is 0 Å². The molecule has 1 heteroatoms. The molecule has 1 aliphatic carbocycles. The third kappa shape index (κ3) is 2.34. The van der Waals surface area contributed by atoms with Gasteiger partial charge in [-0.25, -0.2) is 0 Å². The van der Waals surface area contributed by atoms with E-state index in [1.54, 1.807) is 0 Å². The van der Waals surface area contributed by atoms with Crippen LogP contribution in [0.5, 0.6) is 0 Å². The van der Waals surface area contributed by atoms with E-state index in [0.717, 1.165) is 19.3 Å². The lowest BCUT2D eigenvalue weighted by atomic mass is 9.68. The first kappa shape index (κ1) is 10.8. The van der Waals surface area contributed by atoms with Crippen LogP contribution in [0, 0.1) is 11.3 Å². The van der Waals surface area contributed by atoms with Crippen molar-refractivity contribution in [2.75, 3.05) is 0 Å². The van der Waals surface area contributed by atoms with Gasteiger partial charge in [0.15, 0.2) is 0 Å². The number of allylic oxidation sites excluding steroid dienone is 2. The standard InChI is InChI=1S/C12H22O/c1-5-11(13)10-7-6-9(2)8-12(10,3)4/h8,10-11,13H,5-7H2,1-4H3. The maximum absolute atomic E-state index is 9.88. The molecule has 2 unspecified atom stereocenters. The van der Waals surface area contributed by atoms with E-state index in [1.807, 2.05) is 0 Å². The molecule has 1 aliphatic rings. The van der Waals surface area contributed by atoms with Gasteiger partial charge in [0.25, 0.3) is 0 Å². The van der Waals surface area contributed by atoms with E-state index in [9.17, 15) is 5.11 Å². The molecule has 0 aromatic rings. The molecule has 0 bridgehead atoms. The molecule has 1 N–H and O–H groups in total. The van der Waals surface area contributed by atoms with Crippen molar-refractivity contribution >= 4 is 0 Å². The lowest BCUT2D eigenvalue weighted by molar-refractivity contribution is 0.0421. The third-order valence-corrected chi connectivity index (χ3v) is 3.31. The first-order chi connectivity index (χ1) is 5.97. The molecule has 1 nitrogen and oxygen atoms in total. The topological polar surface area (TPSA) is 20.2 Å². The van der Waals surface area contributed by atoms with Crippen molar-refractivity contribution in [3.05, 3.63) is 11.6 Å². The predicted molar refractivity (Wildman–Crippen MR) is 56.6 cm³/mol. The Hall–Kier alpha value is -0.300. The molecule has 0 saturated carbocycles. The Kier molecular flexibility index (Phi) is 3.18. The molecule has 0 spiro atoms. The largest absolute Gasteiger partial charge is 0.393 e. The number of hydrogen-bond donors (Lipinski definition) is 1. The summed E-state index contributed by atoms with van der Waals surface area (Å²) in [5.41, 5.74) is 1.65. The maximum Gasteiger partial charge on any atom is 0.0574 e. The molecule has 0 aromatic carbocycles. The number of hydrogen-bond acceptors (Lipinski definition) is 1. The Bertz CT molecular complexity index is 203. The van der Waals surface area contributed by atoms with E-state index in [2.05, 4.69) is 33.8 Å². The molecule has 0 heterocycles. The smallest absolute Gasteiger partial charge is 0.0574 e. The zero-order valence-electron chi connectivity index (χ0n) is 9.30. The maximum atomic E-state index is 9.88. The van der Waals surface area contributed by atoms with Crippen LogP contribution in [-0.2, 0) is 0 Å². The van der Waals surface area contributed by atoms with Gasteiger partial charge in [0.1, 0.15) is 0 Å². The van der Waals surface area contributed by atoms with Crippen molar-refractivity contribution in [1.29, 1.82) is 0 Å². The minimum atomic E-state index is -0.126. The zero-order valence-corrected chi connectivity index (χ0v) is 9.30. The average molecular weight is 182 g/mol. The van der Waals surface area contributed by atoms with E-state index in [-0.39, 0.29) is 11.5 Å². The molecule has 0 aromatic heterocycles. The van der Waals surface area contributed by atoms with Crippen molar-refractivity contribution in [2.24, 2.45) is 11.3 Å². The second-order valence-electron chi connectivity index (χ2n) is 4.93. The van der Waals surface area contributed by atoms with Gasteiger partial charge in [-0.05, 0) is 37.5 Å². The van der Waals surface area contributed by atoms with Gasteiger partial charge < -0.3 is 5.11 Å². The molecular weight excluding hydrogens is 160 g/mol. The van der Waals surface area contributed by atoms with Crippen LogP contribution in [0.15, 0.2) is 11.6 Å². The highest BCUT2D eigenvalue weighted by Crippen LogP contribution is 2.41. The summed E-state index contributed by atoms with van der Waals surface area (Å²) < 4.78 is 0. The monoisotopic (exact) mass is 182 g/mol. The van der Waals surface area contributed by atoms with E-state index >= 15 is 0 Å². The van der Waals surface area contributed by atoms with Crippen LogP contribution in [0.4, 0.5) is 0 Å². The highest BCUT2D eigenvalue weighted by molar-refractivity contribution is 5.12. The van der Waals surface area contributed by atoms with Gasteiger partial charge in [0, 0.05) is 0 Å². The quantitative estimate of drug-likeness (QED) is 0.650. The second-order valence-corrected chi connectivity index (χ2v) is 4.93. The molecular formula is C12H22O. The number of aliphatic hydroxyl groups is 1. The van der Waals surface area contributed by atoms with Crippen LogP contribution in [0.25, 0.3) is 0 Å². The highest BCUT2D eigenvalue weighted by Gasteiger charge is 2.34.